The average molecular weight is 765 g/mol. The van der Waals surface area contributed by atoms with Crippen molar-refractivity contribution in [1.82, 2.24) is 19.1 Å². The Hall–Kier alpha value is -8.08. The minimum atomic E-state index is 0.689. The van der Waals surface area contributed by atoms with E-state index in [1.54, 1.807) is 0 Å². The average Bonchev–Trinajstić information content (AvgIpc) is 3.85. The fourth-order valence-corrected chi connectivity index (χ4v) is 9.19. The summed E-state index contributed by atoms with van der Waals surface area (Å²) in [6.45, 7) is 0. The third-order valence-corrected chi connectivity index (χ3v) is 11.9. The summed E-state index contributed by atoms with van der Waals surface area (Å²) in [6, 6.07) is 77.9. The minimum absolute atomic E-state index is 0.689. The Labute approximate surface area is 346 Å². The van der Waals surface area contributed by atoms with Gasteiger partial charge in [0.2, 0.25) is 0 Å². The quantitative estimate of drug-likeness (QED) is 0.169. The maximum Gasteiger partial charge on any atom is 0.160 e. The van der Waals surface area contributed by atoms with Gasteiger partial charge in [0.1, 0.15) is 0 Å². The lowest BCUT2D eigenvalue weighted by molar-refractivity contribution is 1.17. The first-order valence-electron chi connectivity index (χ1n) is 20.4. The smallest absolute Gasteiger partial charge is 0.160 e. The van der Waals surface area contributed by atoms with Crippen molar-refractivity contribution in [3.63, 3.8) is 0 Å². The van der Waals surface area contributed by atoms with Crippen molar-refractivity contribution in [2.45, 2.75) is 0 Å². The Bertz CT molecular complexity index is 3590. The fraction of sp³-hybridized carbons (Fsp3) is 0. The number of hydrogen-bond donors (Lipinski definition) is 0. The van der Waals surface area contributed by atoms with Gasteiger partial charge >= 0.3 is 0 Å². The van der Waals surface area contributed by atoms with Crippen LogP contribution in [0.1, 0.15) is 0 Å². The number of para-hydroxylation sites is 2. The molecule has 4 nitrogen and oxygen atoms in total. The zero-order chi connectivity index (χ0) is 39.6. The second-order valence-corrected chi connectivity index (χ2v) is 15.4. The summed E-state index contributed by atoms with van der Waals surface area (Å²) < 4.78 is 4.91. The van der Waals surface area contributed by atoms with Gasteiger partial charge in [-0.3, -0.25) is 0 Å². The van der Waals surface area contributed by atoms with Crippen molar-refractivity contribution >= 4 is 54.4 Å². The highest BCUT2D eigenvalue weighted by molar-refractivity contribution is 6.26. The van der Waals surface area contributed by atoms with E-state index < -0.39 is 0 Å². The van der Waals surface area contributed by atoms with Gasteiger partial charge in [-0.2, -0.15) is 0 Å². The van der Waals surface area contributed by atoms with E-state index in [4.69, 9.17) is 9.97 Å². The van der Waals surface area contributed by atoms with Gasteiger partial charge in [0, 0.05) is 49.3 Å². The van der Waals surface area contributed by atoms with Gasteiger partial charge in [-0.25, -0.2) is 9.97 Å². The largest absolute Gasteiger partial charge is 0.309 e. The van der Waals surface area contributed by atoms with E-state index in [-0.39, 0.29) is 0 Å². The van der Waals surface area contributed by atoms with Gasteiger partial charge in [-0.1, -0.05) is 170 Å². The van der Waals surface area contributed by atoms with E-state index in [1.807, 2.05) is 12.1 Å². The molecule has 12 rings (SSSR count). The van der Waals surface area contributed by atoms with E-state index in [0.29, 0.717) is 5.82 Å². The Kier molecular flexibility index (Phi) is 7.82. The Morgan fingerprint density at radius 1 is 0.317 bits per heavy atom. The predicted octanol–water partition coefficient (Wildman–Crippen LogP) is 14.5. The molecule has 0 unspecified atom stereocenters. The van der Waals surface area contributed by atoms with Gasteiger partial charge in [-0.15, -0.1) is 0 Å². The lowest BCUT2D eigenvalue weighted by atomic mass is 10.0. The standard InChI is InChI=1S/C56H36N4/c1-3-16-37(17-4-1)40-22-13-24-42(34-40)56-57-48(39-19-5-2-6-20-39)36-49(58-56)41-23-14-25-43(35-41)59-51-29-11-9-27-45(51)46-32-33-53-54(55(46)59)47-28-10-12-30-52(47)60(53)50-31-15-21-38-18-7-8-26-44(38)50/h1-36H. The molecule has 3 aromatic heterocycles. The number of aromatic nitrogens is 4. The number of hydrogen-bond acceptors (Lipinski definition) is 2. The van der Waals surface area contributed by atoms with Crippen LogP contribution in [-0.2, 0) is 0 Å². The monoisotopic (exact) mass is 764 g/mol. The number of nitrogens with zero attached hydrogens (tertiary/aromatic N) is 4. The summed E-state index contributed by atoms with van der Waals surface area (Å²) in [6.07, 6.45) is 0. The van der Waals surface area contributed by atoms with Crippen LogP contribution in [0.4, 0.5) is 0 Å². The van der Waals surface area contributed by atoms with Crippen molar-refractivity contribution in [3.8, 4) is 56.4 Å². The number of benzene rings is 9. The van der Waals surface area contributed by atoms with Gasteiger partial charge in [0.25, 0.3) is 0 Å². The molecule has 0 N–H and O–H groups in total. The van der Waals surface area contributed by atoms with Crippen LogP contribution in [0.5, 0.6) is 0 Å². The second kappa shape index (κ2) is 13.8. The summed E-state index contributed by atoms with van der Waals surface area (Å²) >= 11 is 0. The van der Waals surface area contributed by atoms with Crippen LogP contribution < -0.4 is 0 Å². The molecule has 60 heavy (non-hydrogen) atoms. The van der Waals surface area contributed by atoms with Crippen LogP contribution in [-0.4, -0.2) is 19.1 Å². The molecule has 9 aromatic carbocycles. The van der Waals surface area contributed by atoms with Crippen LogP contribution in [0.2, 0.25) is 0 Å². The highest BCUT2D eigenvalue weighted by Gasteiger charge is 2.22. The molecule has 0 saturated carbocycles. The molecule has 0 radical (unpaired) electrons. The van der Waals surface area contributed by atoms with Crippen molar-refractivity contribution in [2.75, 3.05) is 0 Å². The zero-order valence-corrected chi connectivity index (χ0v) is 32.6. The highest BCUT2D eigenvalue weighted by atomic mass is 15.0. The molecule has 0 bridgehead atoms. The van der Waals surface area contributed by atoms with E-state index in [0.717, 1.165) is 50.4 Å². The van der Waals surface area contributed by atoms with Crippen LogP contribution in [0.3, 0.4) is 0 Å². The molecule has 0 fully saturated rings. The molecule has 0 spiro atoms. The van der Waals surface area contributed by atoms with Gasteiger partial charge in [-0.05, 0) is 65.0 Å². The highest BCUT2D eigenvalue weighted by Crippen LogP contribution is 2.43. The lowest BCUT2D eigenvalue weighted by Gasteiger charge is -2.13. The number of fused-ring (bicyclic) bond motifs is 8. The van der Waals surface area contributed by atoms with E-state index in [2.05, 4.69) is 215 Å². The molecule has 3 heterocycles. The van der Waals surface area contributed by atoms with Gasteiger partial charge in [0.15, 0.2) is 5.82 Å². The summed E-state index contributed by atoms with van der Waals surface area (Å²) in [4.78, 5) is 10.5. The fourth-order valence-electron chi connectivity index (χ4n) is 9.19. The van der Waals surface area contributed by atoms with Crippen molar-refractivity contribution in [3.05, 3.63) is 218 Å². The third-order valence-electron chi connectivity index (χ3n) is 11.9. The first-order chi connectivity index (χ1) is 29.8. The van der Waals surface area contributed by atoms with Crippen LogP contribution >= 0.6 is 0 Å². The molecule has 0 aliphatic heterocycles. The van der Waals surface area contributed by atoms with Crippen molar-refractivity contribution < 1.29 is 0 Å². The summed E-state index contributed by atoms with van der Waals surface area (Å²) in [7, 11) is 0. The first-order valence-corrected chi connectivity index (χ1v) is 20.4. The molecular weight excluding hydrogens is 729 g/mol. The second-order valence-electron chi connectivity index (χ2n) is 15.4. The van der Waals surface area contributed by atoms with Crippen LogP contribution in [0, 0.1) is 0 Å². The maximum atomic E-state index is 5.31. The number of rotatable bonds is 6. The first kappa shape index (κ1) is 34.0. The van der Waals surface area contributed by atoms with Crippen molar-refractivity contribution in [2.24, 2.45) is 0 Å². The molecule has 4 heteroatoms. The van der Waals surface area contributed by atoms with E-state index in [1.165, 1.54) is 54.6 Å². The molecule has 0 aliphatic carbocycles. The van der Waals surface area contributed by atoms with Crippen molar-refractivity contribution in [1.29, 1.82) is 0 Å². The van der Waals surface area contributed by atoms with Gasteiger partial charge < -0.3 is 9.13 Å². The predicted molar refractivity (Wildman–Crippen MR) is 250 cm³/mol. The van der Waals surface area contributed by atoms with Crippen LogP contribution in [0.15, 0.2) is 218 Å². The van der Waals surface area contributed by atoms with Gasteiger partial charge in [0.05, 0.1) is 39.1 Å². The van der Waals surface area contributed by atoms with Crippen LogP contribution in [0.25, 0.3) is 111 Å². The normalized spacial score (nSPS) is 11.7. The molecule has 0 aliphatic rings. The third kappa shape index (κ3) is 5.46. The van der Waals surface area contributed by atoms with E-state index >= 15 is 0 Å². The SMILES string of the molecule is c1ccc(-c2cccc(-c3nc(-c4ccccc4)cc(-c4cccc(-n5c6ccccc6c6ccc7c(c8ccccc8n7-c7cccc8ccccc78)c65)c4)n3)c2)cc1. The Morgan fingerprint density at radius 3 is 1.72 bits per heavy atom. The Balaban J connectivity index is 1.10. The summed E-state index contributed by atoms with van der Waals surface area (Å²) in [5.74, 6) is 0.689. The molecule has 0 saturated heterocycles. The minimum Gasteiger partial charge on any atom is -0.309 e. The van der Waals surface area contributed by atoms with E-state index in [9.17, 15) is 0 Å². The molecule has 0 amide bonds. The Morgan fingerprint density at radius 2 is 0.900 bits per heavy atom. The molecular formula is C56H36N4. The molecule has 12 aromatic rings. The summed E-state index contributed by atoms with van der Waals surface area (Å²) in [5, 5.41) is 7.33. The maximum absolute atomic E-state index is 5.31. The lowest BCUT2D eigenvalue weighted by Crippen LogP contribution is -1.98. The molecule has 0 atom stereocenters. The zero-order valence-electron chi connectivity index (χ0n) is 32.6. The molecule has 280 valence electrons. The summed E-state index contributed by atoms with van der Waals surface area (Å²) in [5.41, 5.74) is 14.0. The topological polar surface area (TPSA) is 35.6 Å².